The molecular weight excluding hydrogens is 210 g/mol. The lowest BCUT2D eigenvalue weighted by atomic mass is 10.3. The molecule has 0 radical (unpaired) electrons. The summed E-state index contributed by atoms with van der Waals surface area (Å²) in [6.07, 6.45) is 1.49. The molecule has 74 valence electrons. The summed E-state index contributed by atoms with van der Waals surface area (Å²) >= 11 is 1.54. The van der Waals surface area contributed by atoms with E-state index in [2.05, 4.69) is 10.1 Å². The highest BCUT2D eigenvalue weighted by molar-refractivity contribution is 7.21. The van der Waals surface area contributed by atoms with E-state index in [1.807, 2.05) is 24.3 Å². The third-order valence-electron chi connectivity index (χ3n) is 2.09. The number of aromatic nitrogens is 2. The number of nitrogens with zero attached hydrogens (tertiary/aromatic N) is 2. The number of rotatable bonds is 1. The van der Waals surface area contributed by atoms with Crippen molar-refractivity contribution in [2.75, 3.05) is 5.73 Å². The minimum absolute atomic E-state index is 0.522. The molecule has 2 heterocycles. The minimum atomic E-state index is 0.522. The average Bonchev–Trinajstić information content (AvgIpc) is 2.82. The van der Waals surface area contributed by atoms with E-state index in [0.29, 0.717) is 11.4 Å². The third kappa shape index (κ3) is 1.28. The van der Waals surface area contributed by atoms with E-state index in [1.165, 1.54) is 6.20 Å². The van der Waals surface area contributed by atoms with Gasteiger partial charge in [-0.05, 0) is 12.1 Å². The van der Waals surface area contributed by atoms with Gasteiger partial charge in [0.05, 0.1) is 16.4 Å². The molecule has 3 aromatic rings. The van der Waals surface area contributed by atoms with Crippen molar-refractivity contribution in [1.29, 1.82) is 0 Å². The predicted octanol–water partition coefficient (Wildman–Crippen LogP) is 2.53. The van der Waals surface area contributed by atoms with Gasteiger partial charge in [-0.3, -0.25) is 0 Å². The van der Waals surface area contributed by atoms with E-state index in [1.54, 1.807) is 11.3 Å². The van der Waals surface area contributed by atoms with Gasteiger partial charge in [0.25, 0.3) is 0 Å². The van der Waals surface area contributed by atoms with Crippen molar-refractivity contribution in [3.8, 4) is 10.8 Å². The van der Waals surface area contributed by atoms with Crippen LogP contribution in [0.3, 0.4) is 0 Å². The lowest BCUT2D eigenvalue weighted by Gasteiger charge is -1.87. The molecule has 0 aliphatic heterocycles. The third-order valence-corrected chi connectivity index (χ3v) is 3.12. The molecule has 0 amide bonds. The van der Waals surface area contributed by atoms with Gasteiger partial charge in [0.2, 0.25) is 5.76 Å². The van der Waals surface area contributed by atoms with E-state index in [9.17, 15) is 0 Å². The van der Waals surface area contributed by atoms with Gasteiger partial charge >= 0.3 is 0 Å². The van der Waals surface area contributed by atoms with Crippen LogP contribution in [-0.2, 0) is 0 Å². The second kappa shape index (κ2) is 3.06. The Morgan fingerprint density at radius 2 is 2.13 bits per heavy atom. The molecule has 2 aromatic heterocycles. The number of thiazole rings is 1. The fourth-order valence-corrected chi connectivity index (χ4v) is 2.34. The summed E-state index contributed by atoms with van der Waals surface area (Å²) in [7, 11) is 0. The molecule has 15 heavy (non-hydrogen) atoms. The highest BCUT2D eigenvalue weighted by Gasteiger charge is 2.12. The van der Waals surface area contributed by atoms with Crippen LogP contribution in [0.25, 0.3) is 21.0 Å². The monoisotopic (exact) mass is 217 g/mol. The van der Waals surface area contributed by atoms with Gasteiger partial charge in [-0.2, -0.15) is 0 Å². The number of nitrogen functional groups attached to an aromatic ring is 1. The van der Waals surface area contributed by atoms with Gasteiger partial charge in [-0.25, -0.2) is 4.98 Å². The standard InChI is InChI=1S/C10H7N3OS/c11-6-5-12-14-9(6)10-13-7-3-1-2-4-8(7)15-10/h1-5H,11H2. The second-order valence-electron chi connectivity index (χ2n) is 3.10. The zero-order valence-electron chi connectivity index (χ0n) is 7.68. The first-order valence-corrected chi connectivity index (χ1v) is 5.22. The average molecular weight is 217 g/mol. The maximum Gasteiger partial charge on any atom is 0.218 e. The normalized spacial score (nSPS) is 10.9. The Morgan fingerprint density at radius 3 is 2.87 bits per heavy atom. The molecule has 0 unspecified atom stereocenters. The first-order valence-electron chi connectivity index (χ1n) is 4.41. The van der Waals surface area contributed by atoms with E-state index >= 15 is 0 Å². The van der Waals surface area contributed by atoms with E-state index in [0.717, 1.165) is 15.2 Å². The Morgan fingerprint density at radius 1 is 1.27 bits per heavy atom. The molecule has 0 fully saturated rings. The van der Waals surface area contributed by atoms with Crippen LogP contribution in [0.4, 0.5) is 5.69 Å². The van der Waals surface area contributed by atoms with Crippen LogP contribution in [-0.4, -0.2) is 10.1 Å². The number of para-hydroxylation sites is 1. The molecule has 2 N–H and O–H groups in total. The van der Waals surface area contributed by atoms with Crippen LogP contribution in [0, 0.1) is 0 Å². The first kappa shape index (κ1) is 8.43. The number of hydrogen-bond acceptors (Lipinski definition) is 5. The summed E-state index contributed by atoms with van der Waals surface area (Å²) in [5, 5.41) is 4.40. The maximum absolute atomic E-state index is 5.70. The van der Waals surface area contributed by atoms with E-state index in [4.69, 9.17) is 10.3 Å². The van der Waals surface area contributed by atoms with Crippen molar-refractivity contribution in [2.45, 2.75) is 0 Å². The lowest BCUT2D eigenvalue weighted by Crippen LogP contribution is -1.83. The fourth-order valence-electron chi connectivity index (χ4n) is 1.38. The molecule has 0 aliphatic carbocycles. The molecule has 0 saturated heterocycles. The van der Waals surface area contributed by atoms with Gasteiger partial charge < -0.3 is 10.3 Å². The molecule has 0 bridgehead atoms. The van der Waals surface area contributed by atoms with Gasteiger partial charge in [0.1, 0.15) is 5.69 Å². The van der Waals surface area contributed by atoms with Crippen molar-refractivity contribution in [3.05, 3.63) is 30.5 Å². The SMILES string of the molecule is Nc1cnoc1-c1nc2ccccc2s1. The van der Waals surface area contributed by atoms with Crippen LogP contribution in [0.2, 0.25) is 0 Å². The molecule has 4 nitrogen and oxygen atoms in total. The summed E-state index contributed by atoms with van der Waals surface area (Å²) in [6, 6.07) is 7.91. The molecule has 5 heteroatoms. The summed E-state index contributed by atoms with van der Waals surface area (Å²) in [5.74, 6) is 0.552. The van der Waals surface area contributed by atoms with Gasteiger partial charge in [-0.1, -0.05) is 17.3 Å². The molecule has 1 aromatic carbocycles. The summed E-state index contributed by atoms with van der Waals surface area (Å²) < 4.78 is 6.17. The zero-order chi connectivity index (χ0) is 10.3. The van der Waals surface area contributed by atoms with Gasteiger partial charge in [0, 0.05) is 0 Å². The molecule has 0 spiro atoms. The van der Waals surface area contributed by atoms with Crippen molar-refractivity contribution in [1.82, 2.24) is 10.1 Å². The van der Waals surface area contributed by atoms with Crippen molar-refractivity contribution < 1.29 is 4.52 Å². The quantitative estimate of drug-likeness (QED) is 0.680. The van der Waals surface area contributed by atoms with E-state index < -0.39 is 0 Å². The summed E-state index contributed by atoms with van der Waals surface area (Å²) in [5.41, 5.74) is 7.18. The van der Waals surface area contributed by atoms with Crippen molar-refractivity contribution in [2.24, 2.45) is 0 Å². The Labute approximate surface area is 89.3 Å². The Hall–Kier alpha value is -1.88. The smallest absolute Gasteiger partial charge is 0.218 e. The number of anilines is 1. The molecular formula is C10H7N3OS. The van der Waals surface area contributed by atoms with Crippen LogP contribution in [0.1, 0.15) is 0 Å². The lowest BCUT2D eigenvalue weighted by molar-refractivity contribution is 0.432. The van der Waals surface area contributed by atoms with Crippen molar-refractivity contribution in [3.63, 3.8) is 0 Å². The van der Waals surface area contributed by atoms with Gasteiger partial charge in [0.15, 0.2) is 5.01 Å². The predicted molar refractivity (Wildman–Crippen MR) is 59.5 cm³/mol. The number of fused-ring (bicyclic) bond motifs is 1. The molecule has 0 saturated carbocycles. The number of nitrogens with two attached hydrogens (primary N) is 1. The zero-order valence-corrected chi connectivity index (χ0v) is 8.49. The topological polar surface area (TPSA) is 64.9 Å². The Bertz CT molecular complexity index is 581. The largest absolute Gasteiger partial charge is 0.394 e. The highest BCUT2D eigenvalue weighted by atomic mass is 32.1. The molecule has 0 atom stereocenters. The summed E-state index contributed by atoms with van der Waals surface area (Å²) in [6.45, 7) is 0. The Balaban J connectivity index is 2.24. The molecule has 3 rings (SSSR count). The van der Waals surface area contributed by atoms with Crippen LogP contribution in [0.5, 0.6) is 0 Å². The summed E-state index contributed by atoms with van der Waals surface area (Å²) in [4.78, 5) is 4.42. The van der Waals surface area contributed by atoms with Gasteiger partial charge in [-0.15, -0.1) is 11.3 Å². The fraction of sp³-hybridized carbons (Fsp3) is 0. The van der Waals surface area contributed by atoms with Crippen LogP contribution < -0.4 is 5.73 Å². The van der Waals surface area contributed by atoms with Crippen LogP contribution >= 0.6 is 11.3 Å². The minimum Gasteiger partial charge on any atom is -0.394 e. The van der Waals surface area contributed by atoms with Crippen molar-refractivity contribution >= 4 is 27.2 Å². The first-order chi connectivity index (χ1) is 7.34. The maximum atomic E-state index is 5.70. The molecule has 0 aliphatic rings. The Kier molecular flexibility index (Phi) is 1.72. The second-order valence-corrected chi connectivity index (χ2v) is 4.13. The highest BCUT2D eigenvalue weighted by Crippen LogP contribution is 2.32. The number of hydrogen-bond donors (Lipinski definition) is 1. The van der Waals surface area contributed by atoms with Crippen LogP contribution in [0.15, 0.2) is 35.0 Å². The number of benzene rings is 1. The van der Waals surface area contributed by atoms with E-state index in [-0.39, 0.29) is 0 Å².